The van der Waals surface area contributed by atoms with Crippen molar-refractivity contribution in [1.29, 1.82) is 0 Å². The monoisotopic (exact) mass is 422 g/mol. The highest BCUT2D eigenvalue weighted by Crippen LogP contribution is 2.45. The topological polar surface area (TPSA) is 139 Å². The molecule has 3 heterocycles. The second-order valence-electron chi connectivity index (χ2n) is 6.85. The van der Waals surface area contributed by atoms with E-state index in [9.17, 15) is 24.3 Å². The predicted octanol–water partition coefficient (Wildman–Crippen LogP) is 0.750. The van der Waals surface area contributed by atoms with E-state index in [1.807, 2.05) is 0 Å². The van der Waals surface area contributed by atoms with E-state index in [0.717, 1.165) is 9.13 Å². The molecule has 0 bridgehead atoms. The molecular formula is C21H18N4O6. The number of H-pyrrole nitrogens is 2. The molecule has 4 rings (SSSR count). The second kappa shape index (κ2) is 7.48. The summed E-state index contributed by atoms with van der Waals surface area (Å²) in [6, 6.07) is 6.59. The van der Waals surface area contributed by atoms with Gasteiger partial charge in [0.15, 0.2) is 0 Å². The van der Waals surface area contributed by atoms with Gasteiger partial charge in [-0.1, -0.05) is 30.4 Å². The first-order valence-electron chi connectivity index (χ1n) is 9.30. The van der Waals surface area contributed by atoms with Gasteiger partial charge in [0.1, 0.15) is 5.75 Å². The van der Waals surface area contributed by atoms with Gasteiger partial charge in [0.05, 0.1) is 17.0 Å². The Balaban J connectivity index is 2.14. The van der Waals surface area contributed by atoms with Gasteiger partial charge in [0, 0.05) is 18.7 Å². The highest BCUT2D eigenvalue weighted by Gasteiger charge is 2.37. The standard InChI is InChI=1S/C21H18N4O6/c1-3-9-24-18(27)14(16(26)22-20(24)29)13-11-7-5-6-8-12(11)31-17-15(13)19(28)25(10-4-2)21(30)23-17/h3-8,13,27H,1-2,9-10H2,(H,23,30)(H,22,26,29). The molecule has 1 atom stereocenters. The maximum atomic E-state index is 13.3. The van der Waals surface area contributed by atoms with Crippen LogP contribution in [-0.2, 0) is 13.1 Å². The van der Waals surface area contributed by atoms with Gasteiger partial charge in [0.2, 0.25) is 11.8 Å². The summed E-state index contributed by atoms with van der Waals surface area (Å²) in [6.45, 7) is 6.95. The molecule has 31 heavy (non-hydrogen) atoms. The fraction of sp³-hybridized carbons (Fsp3) is 0.143. The fourth-order valence-electron chi connectivity index (χ4n) is 3.71. The van der Waals surface area contributed by atoms with Crippen LogP contribution in [0.15, 0.2) is 68.8 Å². The molecule has 3 N–H and O–H groups in total. The lowest BCUT2D eigenvalue weighted by Gasteiger charge is -2.28. The number of benzene rings is 1. The zero-order valence-corrected chi connectivity index (χ0v) is 16.3. The van der Waals surface area contributed by atoms with Gasteiger partial charge < -0.3 is 9.84 Å². The summed E-state index contributed by atoms with van der Waals surface area (Å²) in [5, 5.41) is 10.9. The van der Waals surface area contributed by atoms with Crippen LogP contribution in [0.25, 0.3) is 0 Å². The van der Waals surface area contributed by atoms with Gasteiger partial charge in [0.25, 0.3) is 11.1 Å². The third-order valence-electron chi connectivity index (χ3n) is 5.04. The minimum Gasteiger partial charge on any atom is -0.494 e. The molecule has 1 unspecified atom stereocenters. The lowest BCUT2D eigenvalue weighted by Crippen LogP contribution is -2.41. The van der Waals surface area contributed by atoms with Crippen molar-refractivity contribution < 1.29 is 9.84 Å². The molecule has 1 aromatic carbocycles. The third-order valence-corrected chi connectivity index (χ3v) is 5.04. The number of hydrogen-bond acceptors (Lipinski definition) is 6. The zero-order valence-electron chi connectivity index (χ0n) is 16.3. The van der Waals surface area contributed by atoms with Crippen molar-refractivity contribution >= 4 is 0 Å². The summed E-state index contributed by atoms with van der Waals surface area (Å²) >= 11 is 0. The van der Waals surface area contributed by atoms with Gasteiger partial charge in [-0.25, -0.2) is 9.59 Å². The van der Waals surface area contributed by atoms with Crippen molar-refractivity contribution in [2.24, 2.45) is 0 Å². The number of hydrogen-bond donors (Lipinski definition) is 3. The Hall–Kier alpha value is -4.34. The molecule has 158 valence electrons. The molecule has 3 aromatic rings. The van der Waals surface area contributed by atoms with Crippen molar-refractivity contribution in [2.45, 2.75) is 19.0 Å². The van der Waals surface area contributed by atoms with Crippen LogP contribution >= 0.6 is 0 Å². The number of aromatic amines is 2. The largest absolute Gasteiger partial charge is 0.494 e. The molecule has 0 radical (unpaired) electrons. The number of fused-ring (bicyclic) bond motifs is 2. The van der Waals surface area contributed by atoms with Crippen LogP contribution in [0.1, 0.15) is 22.6 Å². The molecule has 0 amide bonds. The Morgan fingerprint density at radius 1 is 0.968 bits per heavy atom. The minimum absolute atomic E-state index is 0.0512. The molecule has 0 spiro atoms. The predicted molar refractivity (Wildman–Crippen MR) is 112 cm³/mol. The van der Waals surface area contributed by atoms with Gasteiger partial charge in [-0.15, -0.1) is 13.2 Å². The molecule has 0 fully saturated rings. The highest BCUT2D eigenvalue weighted by molar-refractivity contribution is 5.56. The number of para-hydroxylation sites is 1. The number of aromatic hydroxyl groups is 1. The van der Waals surface area contributed by atoms with Crippen LogP contribution in [0.4, 0.5) is 0 Å². The average molecular weight is 422 g/mol. The Bertz CT molecular complexity index is 1450. The summed E-state index contributed by atoms with van der Waals surface area (Å²) in [7, 11) is 0. The van der Waals surface area contributed by atoms with E-state index in [4.69, 9.17) is 4.74 Å². The summed E-state index contributed by atoms with van der Waals surface area (Å²) in [4.78, 5) is 55.3. The van der Waals surface area contributed by atoms with Gasteiger partial charge in [-0.2, -0.15) is 0 Å². The molecular weight excluding hydrogens is 404 g/mol. The molecule has 0 saturated carbocycles. The van der Waals surface area contributed by atoms with Crippen molar-refractivity contribution in [3.63, 3.8) is 0 Å². The van der Waals surface area contributed by atoms with Crippen LogP contribution < -0.4 is 27.2 Å². The van der Waals surface area contributed by atoms with E-state index in [-0.39, 0.29) is 35.8 Å². The van der Waals surface area contributed by atoms with Crippen LogP contribution in [0.2, 0.25) is 0 Å². The molecule has 10 heteroatoms. The van der Waals surface area contributed by atoms with Gasteiger partial charge >= 0.3 is 11.4 Å². The Morgan fingerprint density at radius 3 is 2.32 bits per heavy atom. The number of aromatic nitrogens is 4. The maximum Gasteiger partial charge on any atom is 0.331 e. The Morgan fingerprint density at radius 2 is 1.61 bits per heavy atom. The Labute approximate surface area is 174 Å². The number of ether oxygens (including phenoxy) is 1. The maximum absolute atomic E-state index is 13.3. The molecule has 10 nitrogen and oxygen atoms in total. The normalized spacial score (nSPS) is 14.3. The number of nitrogens with zero attached hydrogens (tertiary/aromatic N) is 2. The fourth-order valence-corrected chi connectivity index (χ4v) is 3.71. The summed E-state index contributed by atoms with van der Waals surface area (Å²) in [5.74, 6) is -1.57. The quantitative estimate of drug-likeness (QED) is 0.406. The molecule has 1 aliphatic heterocycles. The molecule has 2 aromatic heterocycles. The summed E-state index contributed by atoms with van der Waals surface area (Å²) < 4.78 is 7.56. The third kappa shape index (κ3) is 3.05. The lowest BCUT2D eigenvalue weighted by atomic mass is 9.85. The zero-order chi connectivity index (χ0) is 22.3. The van der Waals surface area contributed by atoms with E-state index < -0.39 is 34.3 Å². The van der Waals surface area contributed by atoms with Crippen LogP contribution in [0.3, 0.4) is 0 Å². The molecule has 1 aliphatic rings. The highest BCUT2D eigenvalue weighted by atomic mass is 16.5. The summed E-state index contributed by atoms with van der Waals surface area (Å²) in [6.07, 6.45) is 2.76. The molecule has 0 aliphatic carbocycles. The van der Waals surface area contributed by atoms with Crippen LogP contribution in [0, 0.1) is 0 Å². The first kappa shape index (κ1) is 20.0. The van der Waals surface area contributed by atoms with E-state index in [2.05, 4.69) is 23.1 Å². The number of allylic oxidation sites excluding steroid dienone is 2. The van der Waals surface area contributed by atoms with Crippen molar-refractivity contribution in [1.82, 2.24) is 19.1 Å². The smallest absolute Gasteiger partial charge is 0.331 e. The first-order chi connectivity index (χ1) is 14.9. The van der Waals surface area contributed by atoms with Crippen LogP contribution in [0.5, 0.6) is 17.5 Å². The van der Waals surface area contributed by atoms with Crippen LogP contribution in [-0.4, -0.2) is 24.2 Å². The lowest BCUT2D eigenvalue weighted by molar-refractivity contribution is 0.392. The SMILES string of the molecule is C=CCn1c(O)c(C2c3ccccc3Oc3[nH]c(=O)n(CC=C)c(=O)c32)c(=O)[nH]c1=O. The van der Waals surface area contributed by atoms with E-state index in [1.165, 1.54) is 12.2 Å². The number of rotatable bonds is 5. The van der Waals surface area contributed by atoms with E-state index in [1.54, 1.807) is 24.3 Å². The molecule has 0 saturated heterocycles. The van der Waals surface area contributed by atoms with Crippen molar-refractivity contribution in [3.8, 4) is 17.5 Å². The van der Waals surface area contributed by atoms with Crippen molar-refractivity contribution in [2.75, 3.05) is 0 Å². The van der Waals surface area contributed by atoms with Gasteiger partial charge in [-0.3, -0.25) is 28.7 Å². The summed E-state index contributed by atoms with van der Waals surface area (Å²) in [5.41, 5.74) is -2.98. The first-order valence-corrected chi connectivity index (χ1v) is 9.30. The van der Waals surface area contributed by atoms with E-state index in [0.29, 0.717) is 5.56 Å². The van der Waals surface area contributed by atoms with E-state index >= 15 is 0 Å². The number of nitrogens with one attached hydrogen (secondary N) is 2. The van der Waals surface area contributed by atoms with Gasteiger partial charge in [-0.05, 0) is 6.07 Å². The second-order valence-corrected chi connectivity index (χ2v) is 6.85. The average Bonchev–Trinajstić information content (AvgIpc) is 2.73. The Kier molecular flexibility index (Phi) is 4.82. The minimum atomic E-state index is -1.11. The van der Waals surface area contributed by atoms with Crippen molar-refractivity contribution in [3.05, 3.63) is 108 Å².